The van der Waals surface area contributed by atoms with Gasteiger partial charge >= 0.3 is 5.97 Å². The highest BCUT2D eigenvalue weighted by molar-refractivity contribution is 5.93. The molecule has 0 radical (unpaired) electrons. The van der Waals surface area contributed by atoms with Gasteiger partial charge in [0.2, 0.25) is 5.95 Å². The smallest absolute Gasteiger partial charge is 0.335 e. The summed E-state index contributed by atoms with van der Waals surface area (Å²) in [5, 5.41) is 9.59. The number of carboxylic acids is 1. The van der Waals surface area contributed by atoms with E-state index >= 15 is 0 Å². The van der Waals surface area contributed by atoms with Gasteiger partial charge < -0.3 is 14.9 Å². The molecule has 7 heteroatoms. The normalized spacial score (nSPS) is 16.0. The van der Waals surface area contributed by atoms with E-state index in [-0.39, 0.29) is 11.1 Å². The van der Waals surface area contributed by atoms with E-state index in [0.29, 0.717) is 23.4 Å². The fourth-order valence-corrected chi connectivity index (χ4v) is 2.88. The number of hydrogen-bond acceptors (Lipinski definition) is 5. The average Bonchev–Trinajstić information content (AvgIpc) is 2.55. The lowest BCUT2D eigenvalue weighted by Crippen LogP contribution is -2.46. The Morgan fingerprint density at radius 1 is 1.26 bits per heavy atom. The van der Waals surface area contributed by atoms with E-state index in [2.05, 4.69) is 21.8 Å². The number of aromatic carboxylic acids is 1. The van der Waals surface area contributed by atoms with Crippen molar-refractivity contribution < 1.29 is 9.90 Å². The van der Waals surface area contributed by atoms with Crippen LogP contribution in [0.3, 0.4) is 0 Å². The van der Waals surface area contributed by atoms with Crippen LogP contribution in [0.2, 0.25) is 0 Å². The monoisotopic (exact) mass is 316 g/mol. The van der Waals surface area contributed by atoms with Crippen molar-refractivity contribution in [3.63, 3.8) is 0 Å². The maximum atomic E-state index is 12.7. The predicted octanol–water partition coefficient (Wildman–Crippen LogP) is 0.866. The Morgan fingerprint density at radius 2 is 1.96 bits per heavy atom. The first-order valence-electron chi connectivity index (χ1n) is 7.72. The standard InChI is InChI=1S/C16H20N4O3/c1-3-20-14(21)12-5-4-11(15(22)23)10-13(12)17-16(20)19-8-6-18(2)7-9-19/h4-5,10H,3,6-9H2,1-2H3,(H,22,23). The van der Waals surface area contributed by atoms with Crippen molar-refractivity contribution in [3.05, 3.63) is 34.1 Å². The molecule has 0 saturated carbocycles. The summed E-state index contributed by atoms with van der Waals surface area (Å²) in [6.45, 7) is 5.87. The predicted molar refractivity (Wildman–Crippen MR) is 88.3 cm³/mol. The number of aromatic nitrogens is 2. The first-order valence-corrected chi connectivity index (χ1v) is 7.72. The van der Waals surface area contributed by atoms with Crippen LogP contribution in [0.25, 0.3) is 10.9 Å². The Kier molecular flexibility index (Phi) is 4.04. The summed E-state index contributed by atoms with van der Waals surface area (Å²) in [6.07, 6.45) is 0. The van der Waals surface area contributed by atoms with E-state index in [1.54, 1.807) is 10.6 Å². The summed E-state index contributed by atoms with van der Waals surface area (Å²) in [6, 6.07) is 4.47. The molecule has 122 valence electrons. The highest BCUT2D eigenvalue weighted by atomic mass is 16.4. The summed E-state index contributed by atoms with van der Waals surface area (Å²) >= 11 is 0. The molecule has 0 amide bonds. The number of benzene rings is 1. The summed E-state index contributed by atoms with van der Waals surface area (Å²) in [7, 11) is 2.07. The van der Waals surface area contributed by atoms with Crippen molar-refractivity contribution in [1.82, 2.24) is 14.5 Å². The largest absolute Gasteiger partial charge is 0.478 e. The zero-order valence-electron chi connectivity index (χ0n) is 13.3. The molecule has 2 aromatic rings. The number of piperazine rings is 1. The topological polar surface area (TPSA) is 78.7 Å². The van der Waals surface area contributed by atoms with E-state index in [4.69, 9.17) is 5.11 Å². The van der Waals surface area contributed by atoms with Gasteiger partial charge in [-0.15, -0.1) is 0 Å². The van der Waals surface area contributed by atoms with Crippen LogP contribution in [0, 0.1) is 0 Å². The second kappa shape index (κ2) is 6.00. The van der Waals surface area contributed by atoms with Crippen LogP contribution in [-0.2, 0) is 6.54 Å². The number of carbonyl (C=O) groups is 1. The summed E-state index contributed by atoms with van der Waals surface area (Å²) < 4.78 is 1.66. The van der Waals surface area contributed by atoms with Gasteiger partial charge in [0.15, 0.2) is 0 Å². The molecular formula is C16H20N4O3. The Labute approximate surface area is 133 Å². The molecule has 3 rings (SSSR count). The SMILES string of the molecule is CCn1c(N2CCN(C)CC2)nc2cc(C(=O)O)ccc2c1=O. The number of anilines is 1. The lowest BCUT2D eigenvalue weighted by atomic mass is 10.1. The van der Waals surface area contributed by atoms with Crippen LogP contribution in [0.15, 0.2) is 23.0 Å². The van der Waals surface area contributed by atoms with Crippen LogP contribution in [0.4, 0.5) is 5.95 Å². The van der Waals surface area contributed by atoms with Gasteiger partial charge in [-0.05, 0) is 32.2 Å². The van der Waals surface area contributed by atoms with Gasteiger partial charge in [-0.2, -0.15) is 0 Å². The van der Waals surface area contributed by atoms with Gasteiger partial charge in [0, 0.05) is 32.7 Å². The van der Waals surface area contributed by atoms with Crippen molar-refractivity contribution in [3.8, 4) is 0 Å². The van der Waals surface area contributed by atoms with Gasteiger partial charge in [0.25, 0.3) is 5.56 Å². The maximum absolute atomic E-state index is 12.7. The van der Waals surface area contributed by atoms with Gasteiger partial charge in [-0.1, -0.05) is 0 Å². The van der Waals surface area contributed by atoms with Gasteiger partial charge in [0.1, 0.15) is 0 Å². The second-order valence-electron chi connectivity index (χ2n) is 5.79. The zero-order chi connectivity index (χ0) is 16.6. The van der Waals surface area contributed by atoms with Crippen LogP contribution >= 0.6 is 0 Å². The first kappa shape index (κ1) is 15.5. The minimum Gasteiger partial charge on any atom is -0.478 e. The van der Waals surface area contributed by atoms with Gasteiger partial charge in [-0.25, -0.2) is 9.78 Å². The summed E-state index contributed by atoms with van der Waals surface area (Å²) in [4.78, 5) is 32.8. The van der Waals surface area contributed by atoms with Crippen LogP contribution in [0.5, 0.6) is 0 Å². The van der Waals surface area contributed by atoms with E-state index in [1.807, 2.05) is 6.92 Å². The molecule has 2 heterocycles. The number of carboxylic acid groups (broad SMARTS) is 1. The molecule has 0 unspecified atom stereocenters. The fraction of sp³-hybridized carbons (Fsp3) is 0.438. The molecule has 1 aromatic carbocycles. The van der Waals surface area contributed by atoms with Crippen molar-refractivity contribution in [2.24, 2.45) is 0 Å². The Bertz CT molecular complexity index is 807. The third-order valence-corrected chi connectivity index (χ3v) is 4.28. The number of likely N-dealkylation sites (N-methyl/N-ethyl adjacent to an activating group) is 1. The number of rotatable bonds is 3. The Hall–Kier alpha value is -2.41. The first-order chi connectivity index (χ1) is 11.0. The molecule has 1 fully saturated rings. The number of nitrogens with zero attached hydrogens (tertiary/aromatic N) is 4. The molecular weight excluding hydrogens is 296 g/mol. The molecule has 1 aromatic heterocycles. The van der Waals surface area contributed by atoms with Crippen molar-refractivity contribution in [1.29, 1.82) is 0 Å². The summed E-state index contributed by atoms with van der Waals surface area (Å²) in [5.74, 6) is -0.393. The highest BCUT2D eigenvalue weighted by Gasteiger charge is 2.20. The molecule has 0 spiro atoms. The second-order valence-corrected chi connectivity index (χ2v) is 5.79. The molecule has 1 saturated heterocycles. The molecule has 23 heavy (non-hydrogen) atoms. The van der Waals surface area contributed by atoms with Crippen molar-refractivity contribution >= 4 is 22.8 Å². The van der Waals surface area contributed by atoms with Crippen LogP contribution in [-0.4, -0.2) is 58.8 Å². The Balaban J connectivity index is 2.15. The molecule has 7 nitrogen and oxygen atoms in total. The minimum absolute atomic E-state index is 0.122. The molecule has 1 N–H and O–H groups in total. The summed E-state index contributed by atoms with van der Waals surface area (Å²) in [5.41, 5.74) is 0.458. The van der Waals surface area contributed by atoms with E-state index in [1.165, 1.54) is 12.1 Å². The third-order valence-electron chi connectivity index (χ3n) is 4.28. The average molecular weight is 316 g/mol. The van der Waals surface area contributed by atoms with E-state index in [0.717, 1.165) is 26.2 Å². The van der Waals surface area contributed by atoms with Crippen molar-refractivity contribution in [2.45, 2.75) is 13.5 Å². The van der Waals surface area contributed by atoms with Gasteiger partial charge in [-0.3, -0.25) is 9.36 Å². The highest BCUT2D eigenvalue weighted by Crippen LogP contribution is 2.18. The van der Waals surface area contributed by atoms with E-state index in [9.17, 15) is 9.59 Å². The lowest BCUT2D eigenvalue weighted by molar-refractivity contribution is 0.0697. The minimum atomic E-state index is -1.02. The Morgan fingerprint density at radius 3 is 2.57 bits per heavy atom. The van der Waals surface area contributed by atoms with Crippen molar-refractivity contribution in [2.75, 3.05) is 38.1 Å². The molecule has 0 atom stereocenters. The number of hydrogen-bond donors (Lipinski definition) is 1. The third kappa shape index (κ3) is 2.79. The number of fused-ring (bicyclic) bond motifs is 1. The molecule has 1 aliphatic rings. The lowest BCUT2D eigenvalue weighted by Gasteiger charge is -2.34. The maximum Gasteiger partial charge on any atom is 0.335 e. The van der Waals surface area contributed by atoms with Crippen LogP contribution in [0.1, 0.15) is 17.3 Å². The fourth-order valence-electron chi connectivity index (χ4n) is 2.88. The van der Waals surface area contributed by atoms with Crippen LogP contribution < -0.4 is 10.5 Å². The zero-order valence-corrected chi connectivity index (χ0v) is 13.3. The molecule has 1 aliphatic heterocycles. The van der Waals surface area contributed by atoms with E-state index < -0.39 is 5.97 Å². The molecule has 0 aliphatic carbocycles. The van der Waals surface area contributed by atoms with Gasteiger partial charge in [0.05, 0.1) is 16.5 Å². The quantitative estimate of drug-likeness (QED) is 0.905. The molecule has 0 bridgehead atoms.